The molecule has 0 aliphatic heterocycles. The second-order valence-corrected chi connectivity index (χ2v) is 11.9. The van der Waals surface area contributed by atoms with E-state index in [4.69, 9.17) is 4.43 Å². The minimum Gasteiger partial charge on any atom is -0.417 e. The van der Waals surface area contributed by atoms with E-state index in [1.807, 2.05) is 0 Å². The van der Waals surface area contributed by atoms with Gasteiger partial charge in [0.25, 0.3) is 0 Å². The van der Waals surface area contributed by atoms with Crippen LogP contribution in [-0.4, -0.2) is 19.2 Å². The summed E-state index contributed by atoms with van der Waals surface area (Å²) in [5.41, 5.74) is 0. The van der Waals surface area contributed by atoms with Crippen molar-refractivity contribution in [1.29, 1.82) is 0 Å². The first-order valence-corrected chi connectivity index (χ1v) is 9.41. The minimum atomic E-state index is -1.28. The van der Waals surface area contributed by atoms with Crippen LogP contribution in [0.15, 0.2) is 0 Å². The maximum absolute atomic E-state index is 5.97. The van der Waals surface area contributed by atoms with Crippen LogP contribution in [0.25, 0.3) is 0 Å². The van der Waals surface area contributed by atoms with Crippen LogP contribution in [0.5, 0.6) is 0 Å². The number of rotatable bonds is 3. The lowest BCUT2D eigenvalue weighted by molar-refractivity contribution is 0.204. The van der Waals surface area contributed by atoms with Gasteiger partial charge in [0.15, 0.2) is 8.32 Å². The summed E-state index contributed by atoms with van der Waals surface area (Å²) in [4.78, 5) is 0. The van der Waals surface area contributed by atoms with Crippen molar-refractivity contribution < 1.29 is 4.43 Å². The molecule has 3 saturated carbocycles. The molecular weight excluding hydrogens is 244 g/mol. The lowest BCUT2D eigenvalue weighted by Gasteiger charge is -2.33. The second-order valence-electron chi connectivity index (χ2n) is 5.71. The standard InChI is InChI=1S/C10H19BrOSi/c1-13(2,3)12-7-9-6-10(11)4-8(9)5-10/h8-9H,4-7H2,1-3H3. The molecule has 3 aliphatic carbocycles. The van der Waals surface area contributed by atoms with E-state index in [0.29, 0.717) is 4.32 Å². The Morgan fingerprint density at radius 2 is 1.92 bits per heavy atom. The minimum absolute atomic E-state index is 0.533. The van der Waals surface area contributed by atoms with E-state index in [1.165, 1.54) is 19.3 Å². The van der Waals surface area contributed by atoms with Gasteiger partial charge in [-0.25, -0.2) is 0 Å². The van der Waals surface area contributed by atoms with Gasteiger partial charge in [-0.3, -0.25) is 0 Å². The molecule has 0 radical (unpaired) electrons. The SMILES string of the molecule is C[Si](C)(C)OCC1CC2(Br)CC1C2. The first-order chi connectivity index (χ1) is 5.88. The third-order valence-corrected chi connectivity index (χ3v) is 5.29. The van der Waals surface area contributed by atoms with Crippen LogP contribution in [-0.2, 0) is 4.43 Å². The third-order valence-electron chi connectivity index (χ3n) is 3.28. The summed E-state index contributed by atoms with van der Waals surface area (Å²) in [6, 6.07) is 0. The fourth-order valence-electron chi connectivity index (χ4n) is 2.57. The lowest BCUT2D eigenvalue weighted by atomic mass is 9.82. The molecule has 0 aromatic carbocycles. The predicted octanol–water partition coefficient (Wildman–Crippen LogP) is 3.40. The normalized spacial score (nSPS) is 43.4. The van der Waals surface area contributed by atoms with Crippen molar-refractivity contribution in [2.45, 2.75) is 43.2 Å². The quantitative estimate of drug-likeness (QED) is 0.560. The van der Waals surface area contributed by atoms with Gasteiger partial charge in [-0.05, 0) is 50.7 Å². The maximum Gasteiger partial charge on any atom is 0.183 e. The Labute approximate surface area is 90.5 Å². The van der Waals surface area contributed by atoms with Gasteiger partial charge in [-0.1, -0.05) is 15.9 Å². The van der Waals surface area contributed by atoms with Crippen molar-refractivity contribution in [2.24, 2.45) is 11.8 Å². The summed E-state index contributed by atoms with van der Waals surface area (Å²) in [7, 11) is -1.28. The fourth-order valence-corrected chi connectivity index (χ4v) is 4.53. The average molecular weight is 263 g/mol. The molecule has 1 unspecified atom stereocenters. The molecule has 0 aromatic heterocycles. The molecule has 3 heteroatoms. The number of hydrogen-bond donors (Lipinski definition) is 0. The van der Waals surface area contributed by atoms with E-state index in [9.17, 15) is 0 Å². The largest absolute Gasteiger partial charge is 0.417 e. The third kappa shape index (κ3) is 2.18. The summed E-state index contributed by atoms with van der Waals surface area (Å²) in [6.07, 6.45) is 4.14. The van der Waals surface area contributed by atoms with Crippen LogP contribution in [0.2, 0.25) is 19.6 Å². The van der Waals surface area contributed by atoms with E-state index >= 15 is 0 Å². The van der Waals surface area contributed by atoms with E-state index in [1.54, 1.807) is 0 Å². The van der Waals surface area contributed by atoms with Crippen LogP contribution in [0.1, 0.15) is 19.3 Å². The van der Waals surface area contributed by atoms with Crippen LogP contribution < -0.4 is 0 Å². The Kier molecular flexibility index (Phi) is 2.41. The number of fused-ring (bicyclic) bond motifs is 1. The average Bonchev–Trinajstić information content (AvgIpc) is 2.34. The highest BCUT2D eigenvalue weighted by molar-refractivity contribution is 9.10. The molecule has 0 N–H and O–H groups in total. The van der Waals surface area contributed by atoms with Gasteiger partial charge in [0, 0.05) is 10.9 Å². The monoisotopic (exact) mass is 262 g/mol. The zero-order valence-electron chi connectivity index (χ0n) is 8.77. The Morgan fingerprint density at radius 1 is 1.31 bits per heavy atom. The smallest absolute Gasteiger partial charge is 0.183 e. The van der Waals surface area contributed by atoms with Crippen molar-refractivity contribution in [3.8, 4) is 0 Å². The molecule has 13 heavy (non-hydrogen) atoms. The molecule has 1 atom stereocenters. The van der Waals surface area contributed by atoms with Gasteiger partial charge in [0.05, 0.1) is 0 Å². The summed E-state index contributed by atoms with van der Waals surface area (Å²) >= 11 is 3.83. The first-order valence-electron chi connectivity index (χ1n) is 5.21. The first kappa shape index (κ1) is 10.2. The Hall–Kier alpha value is 0.657. The number of alkyl halides is 1. The van der Waals surface area contributed by atoms with Crippen LogP contribution >= 0.6 is 15.9 Å². The molecule has 3 rings (SSSR count). The fraction of sp³-hybridized carbons (Fsp3) is 1.00. The van der Waals surface area contributed by atoms with Gasteiger partial charge >= 0.3 is 0 Å². The van der Waals surface area contributed by atoms with Gasteiger partial charge < -0.3 is 4.43 Å². The van der Waals surface area contributed by atoms with Crippen molar-refractivity contribution >= 4 is 24.2 Å². The lowest BCUT2D eigenvalue weighted by Crippen LogP contribution is -2.30. The highest BCUT2D eigenvalue weighted by atomic mass is 79.9. The molecule has 2 bridgehead atoms. The van der Waals surface area contributed by atoms with Gasteiger partial charge in [-0.2, -0.15) is 0 Å². The summed E-state index contributed by atoms with van der Waals surface area (Å²) in [6.45, 7) is 7.84. The number of hydrogen-bond acceptors (Lipinski definition) is 1. The molecule has 0 spiro atoms. The molecule has 0 amide bonds. The van der Waals surface area contributed by atoms with Crippen molar-refractivity contribution in [2.75, 3.05) is 6.61 Å². The van der Waals surface area contributed by atoms with Gasteiger partial charge in [0.2, 0.25) is 0 Å². The van der Waals surface area contributed by atoms with Crippen molar-refractivity contribution in [3.05, 3.63) is 0 Å². The van der Waals surface area contributed by atoms with Crippen LogP contribution in [0, 0.1) is 11.8 Å². The number of halogens is 1. The predicted molar refractivity (Wildman–Crippen MR) is 61.8 cm³/mol. The molecule has 1 nitrogen and oxygen atoms in total. The second kappa shape index (κ2) is 3.07. The van der Waals surface area contributed by atoms with Crippen LogP contribution in [0.3, 0.4) is 0 Å². The summed E-state index contributed by atoms with van der Waals surface area (Å²) in [5.74, 6) is 1.82. The molecular formula is C10H19BrOSi. The zero-order valence-corrected chi connectivity index (χ0v) is 11.4. The highest BCUT2D eigenvalue weighted by Crippen LogP contribution is 2.60. The van der Waals surface area contributed by atoms with E-state index in [2.05, 4.69) is 35.6 Å². The summed E-state index contributed by atoms with van der Waals surface area (Å²) in [5, 5.41) is 0. The van der Waals surface area contributed by atoms with E-state index in [0.717, 1.165) is 18.4 Å². The molecule has 3 fully saturated rings. The van der Waals surface area contributed by atoms with E-state index < -0.39 is 8.32 Å². The van der Waals surface area contributed by atoms with Gasteiger partial charge in [-0.15, -0.1) is 0 Å². The molecule has 0 saturated heterocycles. The molecule has 76 valence electrons. The molecule has 0 heterocycles. The summed E-state index contributed by atoms with van der Waals surface area (Å²) < 4.78 is 6.51. The van der Waals surface area contributed by atoms with Gasteiger partial charge in [0.1, 0.15) is 0 Å². The Bertz CT molecular complexity index is 205. The molecule has 0 aromatic rings. The molecule has 3 aliphatic rings. The highest BCUT2D eigenvalue weighted by Gasteiger charge is 2.54. The Balaban J connectivity index is 1.79. The zero-order chi connectivity index (χ0) is 9.69. The van der Waals surface area contributed by atoms with Crippen molar-refractivity contribution in [1.82, 2.24) is 0 Å². The van der Waals surface area contributed by atoms with Crippen molar-refractivity contribution in [3.63, 3.8) is 0 Å². The van der Waals surface area contributed by atoms with Crippen LogP contribution in [0.4, 0.5) is 0 Å². The maximum atomic E-state index is 5.97. The Morgan fingerprint density at radius 3 is 2.31 bits per heavy atom. The topological polar surface area (TPSA) is 9.23 Å². The van der Waals surface area contributed by atoms with E-state index in [-0.39, 0.29) is 0 Å².